The van der Waals surface area contributed by atoms with Crippen molar-refractivity contribution >= 4 is 5.97 Å². The number of oxazole rings is 1. The van der Waals surface area contributed by atoms with Crippen LogP contribution < -0.4 is 0 Å². The molecule has 3 rings (SSSR count). The molecule has 0 aliphatic carbocycles. The van der Waals surface area contributed by atoms with Crippen LogP contribution in [0.5, 0.6) is 5.75 Å². The van der Waals surface area contributed by atoms with Gasteiger partial charge in [0.15, 0.2) is 5.69 Å². The SMILES string of the molecule is COC(=O)c1coc(CN2CCCC[C@H]2CCc2ccc(O)cc2)n1. The number of aromatic hydroxyl groups is 1. The first-order valence-corrected chi connectivity index (χ1v) is 8.70. The predicted octanol–water partition coefficient (Wildman–Crippen LogP) is 3.15. The number of likely N-dealkylation sites (tertiary alicyclic amines) is 1. The summed E-state index contributed by atoms with van der Waals surface area (Å²) in [4.78, 5) is 18.1. The van der Waals surface area contributed by atoms with Gasteiger partial charge >= 0.3 is 5.97 Å². The van der Waals surface area contributed by atoms with Gasteiger partial charge in [0, 0.05) is 6.04 Å². The number of benzene rings is 1. The summed E-state index contributed by atoms with van der Waals surface area (Å²) in [6.45, 7) is 1.62. The van der Waals surface area contributed by atoms with E-state index in [-0.39, 0.29) is 5.69 Å². The van der Waals surface area contributed by atoms with E-state index in [9.17, 15) is 9.90 Å². The second kappa shape index (κ2) is 8.16. The van der Waals surface area contributed by atoms with Gasteiger partial charge in [-0.2, -0.15) is 0 Å². The van der Waals surface area contributed by atoms with E-state index in [4.69, 9.17) is 4.42 Å². The molecule has 2 aromatic rings. The minimum atomic E-state index is -0.475. The van der Waals surface area contributed by atoms with Crippen LogP contribution in [0, 0.1) is 0 Å². The summed E-state index contributed by atoms with van der Waals surface area (Å²) in [6, 6.07) is 7.87. The second-order valence-electron chi connectivity index (χ2n) is 6.44. The van der Waals surface area contributed by atoms with E-state index in [0.29, 0.717) is 24.2 Å². The lowest BCUT2D eigenvalue weighted by atomic mass is 9.96. The maximum Gasteiger partial charge on any atom is 0.360 e. The molecule has 25 heavy (non-hydrogen) atoms. The van der Waals surface area contributed by atoms with Crippen molar-refractivity contribution in [1.29, 1.82) is 0 Å². The molecule has 134 valence electrons. The van der Waals surface area contributed by atoms with Crippen molar-refractivity contribution in [3.63, 3.8) is 0 Å². The van der Waals surface area contributed by atoms with Gasteiger partial charge in [-0.05, 0) is 49.9 Å². The fourth-order valence-electron chi connectivity index (χ4n) is 3.35. The van der Waals surface area contributed by atoms with E-state index in [0.717, 1.165) is 25.8 Å². The third-order valence-corrected chi connectivity index (χ3v) is 4.74. The molecule has 1 atom stereocenters. The van der Waals surface area contributed by atoms with E-state index in [1.54, 1.807) is 12.1 Å². The highest BCUT2D eigenvalue weighted by atomic mass is 16.5. The van der Waals surface area contributed by atoms with Crippen molar-refractivity contribution in [1.82, 2.24) is 9.88 Å². The molecule has 6 heteroatoms. The zero-order valence-corrected chi connectivity index (χ0v) is 14.5. The number of hydrogen-bond acceptors (Lipinski definition) is 6. The number of rotatable bonds is 6. The molecule has 0 bridgehead atoms. The van der Waals surface area contributed by atoms with Crippen LogP contribution in [-0.2, 0) is 17.7 Å². The van der Waals surface area contributed by atoms with Gasteiger partial charge < -0.3 is 14.3 Å². The Kier molecular flexibility index (Phi) is 5.71. The third-order valence-electron chi connectivity index (χ3n) is 4.74. The lowest BCUT2D eigenvalue weighted by Gasteiger charge is -2.35. The highest BCUT2D eigenvalue weighted by molar-refractivity contribution is 5.86. The number of aromatic nitrogens is 1. The molecule has 6 nitrogen and oxygen atoms in total. The van der Waals surface area contributed by atoms with Gasteiger partial charge in [0.25, 0.3) is 0 Å². The first-order valence-electron chi connectivity index (χ1n) is 8.70. The molecular formula is C19H24N2O4. The van der Waals surface area contributed by atoms with Crippen molar-refractivity contribution in [2.24, 2.45) is 0 Å². The number of phenols is 1. The van der Waals surface area contributed by atoms with Gasteiger partial charge in [-0.3, -0.25) is 4.90 Å². The van der Waals surface area contributed by atoms with Crippen LogP contribution in [0.25, 0.3) is 0 Å². The molecule has 1 aromatic heterocycles. The third kappa shape index (κ3) is 4.60. The highest BCUT2D eigenvalue weighted by Crippen LogP contribution is 2.24. The molecule has 1 aliphatic heterocycles. The van der Waals surface area contributed by atoms with Gasteiger partial charge in [-0.1, -0.05) is 18.6 Å². The fraction of sp³-hybridized carbons (Fsp3) is 0.474. The molecule has 1 aromatic carbocycles. The predicted molar refractivity (Wildman–Crippen MR) is 92.3 cm³/mol. The number of carbonyl (C=O) groups is 1. The number of ether oxygens (including phenoxy) is 1. The number of carbonyl (C=O) groups excluding carboxylic acids is 1. The number of esters is 1. The Balaban J connectivity index is 1.59. The lowest BCUT2D eigenvalue weighted by Crippen LogP contribution is -2.39. The summed E-state index contributed by atoms with van der Waals surface area (Å²) in [5.74, 6) is 0.378. The number of piperidine rings is 1. The largest absolute Gasteiger partial charge is 0.508 e. The molecule has 0 radical (unpaired) electrons. The van der Waals surface area contributed by atoms with E-state index in [1.165, 1.54) is 31.8 Å². The average molecular weight is 344 g/mol. The highest BCUT2D eigenvalue weighted by Gasteiger charge is 2.24. The van der Waals surface area contributed by atoms with Gasteiger partial charge in [0.05, 0.1) is 13.7 Å². The van der Waals surface area contributed by atoms with Crippen LogP contribution in [0.3, 0.4) is 0 Å². The zero-order chi connectivity index (χ0) is 17.6. The van der Waals surface area contributed by atoms with E-state index in [2.05, 4.69) is 14.6 Å². The summed E-state index contributed by atoms with van der Waals surface area (Å²) in [5, 5.41) is 9.38. The van der Waals surface area contributed by atoms with E-state index >= 15 is 0 Å². The van der Waals surface area contributed by atoms with Crippen LogP contribution in [0.4, 0.5) is 0 Å². The van der Waals surface area contributed by atoms with Crippen molar-refractivity contribution in [3.05, 3.63) is 47.7 Å². The average Bonchev–Trinajstić information content (AvgIpc) is 3.10. The minimum absolute atomic E-state index is 0.218. The number of phenolic OH excluding ortho intramolecular Hbond substituents is 1. The van der Waals surface area contributed by atoms with Gasteiger partial charge in [-0.25, -0.2) is 9.78 Å². The summed E-state index contributed by atoms with van der Waals surface area (Å²) < 4.78 is 10.1. The molecule has 0 saturated carbocycles. The first-order chi connectivity index (χ1) is 12.2. The number of hydrogen-bond donors (Lipinski definition) is 1. The maximum atomic E-state index is 11.5. The van der Waals surface area contributed by atoms with Crippen LogP contribution in [-0.4, -0.2) is 40.7 Å². The van der Waals surface area contributed by atoms with Crippen LogP contribution in [0.1, 0.15) is 47.6 Å². The molecule has 0 unspecified atom stereocenters. The number of methoxy groups -OCH3 is 1. The van der Waals surface area contributed by atoms with Crippen LogP contribution >= 0.6 is 0 Å². The Bertz CT molecular complexity index is 696. The Morgan fingerprint density at radius 2 is 2.16 bits per heavy atom. The fourth-order valence-corrected chi connectivity index (χ4v) is 3.35. The molecule has 1 saturated heterocycles. The number of nitrogens with zero attached hydrogens (tertiary/aromatic N) is 2. The lowest BCUT2D eigenvalue weighted by molar-refractivity contribution is 0.0593. The maximum absolute atomic E-state index is 11.5. The summed E-state index contributed by atoms with van der Waals surface area (Å²) >= 11 is 0. The van der Waals surface area contributed by atoms with Crippen molar-refractivity contribution in [2.75, 3.05) is 13.7 Å². The smallest absolute Gasteiger partial charge is 0.360 e. The number of aryl methyl sites for hydroxylation is 1. The van der Waals surface area contributed by atoms with Gasteiger partial charge in [-0.15, -0.1) is 0 Å². The Morgan fingerprint density at radius 1 is 1.36 bits per heavy atom. The van der Waals surface area contributed by atoms with Crippen molar-refractivity contribution in [3.8, 4) is 5.75 Å². The van der Waals surface area contributed by atoms with Crippen molar-refractivity contribution in [2.45, 2.75) is 44.7 Å². The standard InChI is InChI=1S/C19H24N2O4/c1-24-19(23)17-13-25-18(20-17)12-21-11-3-2-4-15(21)8-5-14-6-9-16(22)10-7-14/h6-7,9-10,13,15,22H,2-5,8,11-12H2,1H3/t15-/m0/s1. The summed E-state index contributed by atoms with van der Waals surface area (Å²) in [5.41, 5.74) is 1.45. The summed E-state index contributed by atoms with van der Waals surface area (Å²) in [6.07, 6.45) is 6.94. The van der Waals surface area contributed by atoms with Gasteiger partial charge in [0.1, 0.15) is 12.0 Å². The van der Waals surface area contributed by atoms with E-state index in [1.807, 2.05) is 12.1 Å². The molecule has 1 fully saturated rings. The Labute approximate surface area is 147 Å². The zero-order valence-electron chi connectivity index (χ0n) is 14.5. The normalized spacial score (nSPS) is 18.2. The molecule has 0 amide bonds. The molecule has 1 N–H and O–H groups in total. The topological polar surface area (TPSA) is 75.8 Å². The quantitative estimate of drug-likeness (QED) is 0.811. The Morgan fingerprint density at radius 3 is 2.92 bits per heavy atom. The van der Waals surface area contributed by atoms with Crippen LogP contribution in [0.15, 0.2) is 34.9 Å². The Hall–Kier alpha value is -2.34. The van der Waals surface area contributed by atoms with Crippen LogP contribution in [0.2, 0.25) is 0 Å². The first kappa shape index (κ1) is 17.5. The molecule has 2 heterocycles. The molecule has 0 spiro atoms. The second-order valence-corrected chi connectivity index (χ2v) is 6.44. The molecular weight excluding hydrogens is 320 g/mol. The summed E-state index contributed by atoms with van der Waals surface area (Å²) in [7, 11) is 1.33. The van der Waals surface area contributed by atoms with Crippen molar-refractivity contribution < 1.29 is 19.1 Å². The minimum Gasteiger partial charge on any atom is -0.508 e. The van der Waals surface area contributed by atoms with Gasteiger partial charge in [0.2, 0.25) is 5.89 Å². The van der Waals surface area contributed by atoms with E-state index < -0.39 is 5.97 Å². The molecule has 1 aliphatic rings. The monoisotopic (exact) mass is 344 g/mol.